The molecule has 1 fully saturated rings. The fourth-order valence-electron chi connectivity index (χ4n) is 3.94. The second-order valence-electron chi connectivity index (χ2n) is 7.98. The summed E-state index contributed by atoms with van der Waals surface area (Å²) < 4.78 is 17.9. The van der Waals surface area contributed by atoms with Gasteiger partial charge in [0.15, 0.2) is 0 Å². The lowest BCUT2D eigenvalue weighted by Gasteiger charge is -2.37. The van der Waals surface area contributed by atoms with Crippen molar-refractivity contribution in [3.63, 3.8) is 0 Å². The Morgan fingerprint density at radius 3 is 2.73 bits per heavy atom. The van der Waals surface area contributed by atoms with Gasteiger partial charge in [-0.25, -0.2) is 0 Å². The van der Waals surface area contributed by atoms with Crippen LogP contribution >= 0.6 is 23.2 Å². The van der Waals surface area contributed by atoms with Gasteiger partial charge in [-0.15, -0.1) is 0 Å². The molecule has 1 saturated carbocycles. The fraction of sp³-hybridized carbons (Fsp3) is 0.375. The molecule has 30 heavy (non-hydrogen) atoms. The number of fused-ring (bicyclic) bond motifs is 1. The topological polar surface area (TPSA) is 44.8 Å². The van der Waals surface area contributed by atoms with Crippen molar-refractivity contribution in [3.8, 4) is 5.75 Å². The summed E-state index contributed by atoms with van der Waals surface area (Å²) in [6, 6.07) is 11.3. The van der Waals surface area contributed by atoms with Gasteiger partial charge in [0.2, 0.25) is 11.5 Å². The average Bonchev–Trinajstić information content (AvgIpc) is 2.72. The van der Waals surface area contributed by atoms with Crippen LogP contribution in [0.4, 0.5) is 0 Å². The summed E-state index contributed by atoms with van der Waals surface area (Å²) in [5, 5.41) is 1.19. The predicted octanol–water partition coefficient (Wildman–Crippen LogP) is 6.18. The van der Waals surface area contributed by atoms with E-state index < -0.39 is 0 Å². The summed E-state index contributed by atoms with van der Waals surface area (Å²) in [5.41, 5.74) is 2.96. The highest BCUT2D eigenvalue weighted by Gasteiger charge is 2.41. The number of rotatable bonds is 5. The van der Waals surface area contributed by atoms with Gasteiger partial charge in [0.25, 0.3) is 0 Å². The van der Waals surface area contributed by atoms with E-state index in [0.717, 1.165) is 23.1 Å². The number of carbonyl (C=O) groups is 1. The largest absolute Gasteiger partial charge is 0.493 e. The van der Waals surface area contributed by atoms with Gasteiger partial charge >= 0.3 is 0 Å². The number of carbonyl (C=O) groups excluding carboxylic acids is 1. The van der Waals surface area contributed by atoms with Crippen molar-refractivity contribution >= 4 is 29.0 Å². The summed E-state index contributed by atoms with van der Waals surface area (Å²) in [5.74, 6) is 0.770. The molecule has 158 valence electrons. The molecule has 0 bridgehead atoms. The molecule has 0 aromatic heterocycles. The standard InChI is InChI=1S/C24H24Cl2O4/c1-14-3-4-15(2)21(9-14)30-23-13-29-22-11-18(7-8-19(22)24(23)27)28-12-16-5-6-17(25)10-20(16)26/h3-6,9-10,13,18-19,22H,7-8,11-12H2,1-2H3. The molecular formula is C24H24Cl2O4. The van der Waals surface area contributed by atoms with Crippen LogP contribution in [0.1, 0.15) is 36.0 Å². The number of Topliss-reactive ketones (excluding diaryl/α,β-unsaturated/α-hetero) is 1. The van der Waals surface area contributed by atoms with Crippen molar-refractivity contribution in [2.45, 2.75) is 51.9 Å². The normalized spacial score (nSPS) is 23.4. The van der Waals surface area contributed by atoms with Crippen LogP contribution in [0.15, 0.2) is 48.4 Å². The number of aryl methyl sites for hydroxylation is 2. The number of benzene rings is 2. The van der Waals surface area contributed by atoms with Crippen molar-refractivity contribution in [3.05, 3.63) is 75.2 Å². The Morgan fingerprint density at radius 1 is 1.10 bits per heavy atom. The van der Waals surface area contributed by atoms with E-state index in [-0.39, 0.29) is 29.7 Å². The molecular weight excluding hydrogens is 423 g/mol. The van der Waals surface area contributed by atoms with Gasteiger partial charge in [-0.2, -0.15) is 0 Å². The highest BCUT2D eigenvalue weighted by molar-refractivity contribution is 6.35. The monoisotopic (exact) mass is 446 g/mol. The molecule has 3 atom stereocenters. The number of hydrogen-bond acceptors (Lipinski definition) is 4. The molecule has 0 amide bonds. The molecule has 0 spiro atoms. The predicted molar refractivity (Wildman–Crippen MR) is 117 cm³/mol. The molecule has 4 rings (SSSR count). The average molecular weight is 447 g/mol. The third-order valence-electron chi connectivity index (χ3n) is 5.73. The van der Waals surface area contributed by atoms with Gasteiger partial charge in [-0.3, -0.25) is 4.79 Å². The van der Waals surface area contributed by atoms with Crippen molar-refractivity contribution in [1.29, 1.82) is 0 Å². The van der Waals surface area contributed by atoms with Crippen molar-refractivity contribution < 1.29 is 19.0 Å². The molecule has 2 aromatic rings. The van der Waals surface area contributed by atoms with Crippen LogP contribution in [0.5, 0.6) is 5.75 Å². The Kier molecular flexibility index (Phi) is 6.37. The van der Waals surface area contributed by atoms with Crippen molar-refractivity contribution in [2.75, 3.05) is 0 Å². The second kappa shape index (κ2) is 9.01. The van der Waals surface area contributed by atoms with Crippen LogP contribution in [0.25, 0.3) is 0 Å². The lowest BCUT2D eigenvalue weighted by Crippen LogP contribution is -2.42. The minimum atomic E-state index is -0.200. The van der Waals surface area contributed by atoms with Gasteiger partial charge in [0.05, 0.1) is 18.6 Å². The number of ketones is 1. The maximum atomic E-state index is 13.0. The van der Waals surface area contributed by atoms with Crippen LogP contribution in [-0.4, -0.2) is 18.0 Å². The lowest BCUT2D eigenvalue weighted by molar-refractivity contribution is -0.134. The van der Waals surface area contributed by atoms with Crippen molar-refractivity contribution in [1.82, 2.24) is 0 Å². The van der Waals surface area contributed by atoms with Gasteiger partial charge in [-0.1, -0.05) is 41.4 Å². The molecule has 0 radical (unpaired) electrons. The summed E-state index contributed by atoms with van der Waals surface area (Å²) >= 11 is 12.2. The SMILES string of the molecule is Cc1ccc(C)c(OC2=COC3CC(OCc4ccc(Cl)cc4Cl)CCC3C2=O)c1. The van der Waals surface area contributed by atoms with Crippen LogP contribution < -0.4 is 4.74 Å². The van der Waals surface area contributed by atoms with Crippen LogP contribution in [-0.2, 0) is 20.9 Å². The highest BCUT2D eigenvalue weighted by atomic mass is 35.5. The minimum Gasteiger partial charge on any atom is -0.493 e. The van der Waals surface area contributed by atoms with Crippen molar-refractivity contribution in [2.24, 2.45) is 5.92 Å². The Labute approximate surface area is 186 Å². The van der Waals surface area contributed by atoms with E-state index in [9.17, 15) is 4.79 Å². The Balaban J connectivity index is 1.38. The van der Waals surface area contributed by atoms with E-state index >= 15 is 0 Å². The smallest absolute Gasteiger partial charge is 0.207 e. The van der Waals surface area contributed by atoms with E-state index in [2.05, 4.69) is 0 Å². The summed E-state index contributed by atoms with van der Waals surface area (Å²) in [4.78, 5) is 13.0. The first-order valence-electron chi connectivity index (χ1n) is 10.1. The van der Waals surface area contributed by atoms with Gasteiger partial charge in [-0.05, 0) is 61.6 Å². The third kappa shape index (κ3) is 4.66. The molecule has 2 aliphatic rings. The van der Waals surface area contributed by atoms with E-state index in [1.54, 1.807) is 12.1 Å². The number of halogens is 2. The molecule has 0 N–H and O–H groups in total. The van der Waals surface area contributed by atoms with Gasteiger partial charge < -0.3 is 14.2 Å². The lowest BCUT2D eigenvalue weighted by atomic mass is 9.80. The van der Waals surface area contributed by atoms with E-state index in [4.69, 9.17) is 37.4 Å². The second-order valence-corrected chi connectivity index (χ2v) is 8.82. The summed E-state index contributed by atoms with van der Waals surface area (Å²) in [6.07, 6.45) is 3.44. The minimum absolute atomic E-state index is 0.00588. The van der Waals surface area contributed by atoms with Crippen LogP contribution in [0, 0.1) is 19.8 Å². The quantitative estimate of drug-likeness (QED) is 0.549. The first-order valence-corrected chi connectivity index (χ1v) is 10.9. The molecule has 1 aliphatic carbocycles. The molecule has 0 saturated heterocycles. The van der Waals surface area contributed by atoms with E-state index in [1.807, 2.05) is 38.1 Å². The van der Waals surface area contributed by atoms with Crippen LogP contribution in [0.2, 0.25) is 10.0 Å². The molecule has 4 nitrogen and oxygen atoms in total. The summed E-state index contributed by atoms with van der Waals surface area (Å²) in [6.45, 7) is 4.36. The highest BCUT2D eigenvalue weighted by Crippen LogP contribution is 2.36. The maximum Gasteiger partial charge on any atom is 0.207 e. The van der Waals surface area contributed by atoms with Crippen LogP contribution in [0.3, 0.4) is 0 Å². The maximum absolute atomic E-state index is 13.0. The Hall–Kier alpha value is -2.01. The Morgan fingerprint density at radius 2 is 1.93 bits per heavy atom. The molecule has 6 heteroatoms. The number of ether oxygens (including phenoxy) is 3. The number of hydrogen-bond donors (Lipinski definition) is 0. The molecule has 3 unspecified atom stereocenters. The first kappa shape index (κ1) is 21.2. The zero-order chi connectivity index (χ0) is 21.3. The van der Waals surface area contributed by atoms with Gasteiger partial charge in [0, 0.05) is 16.5 Å². The number of allylic oxidation sites excluding steroid dienone is 1. The first-order chi connectivity index (χ1) is 14.4. The van der Waals surface area contributed by atoms with Gasteiger partial charge in [0.1, 0.15) is 18.1 Å². The summed E-state index contributed by atoms with van der Waals surface area (Å²) in [7, 11) is 0. The Bertz CT molecular complexity index is 985. The third-order valence-corrected chi connectivity index (χ3v) is 6.31. The fourth-order valence-corrected chi connectivity index (χ4v) is 4.40. The zero-order valence-corrected chi connectivity index (χ0v) is 18.5. The molecule has 2 aromatic carbocycles. The van der Waals surface area contributed by atoms with E-state index in [1.165, 1.54) is 6.26 Å². The molecule has 1 aliphatic heterocycles. The van der Waals surface area contributed by atoms with E-state index in [0.29, 0.717) is 35.2 Å². The zero-order valence-electron chi connectivity index (χ0n) is 17.0. The molecule has 1 heterocycles.